The molecule has 0 aliphatic rings. The third-order valence-electron chi connectivity index (χ3n) is 3.49. The Balaban J connectivity index is 2.25. The Morgan fingerprint density at radius 3 is 1.56 bits per heavy atom. The molecule has 0 atom stereocenters. The van der Waals surface area contributed by atoms with Crippen LogP contribution in [0, 0.1) is 0 Å². The van der Waals surface area contributed by atoms with Gasteiger partial charge in [-0.05, 0) is 36.4 Å². The van der Waals surface area contributed by atoms with Crippen LogP contribution in [0.5, 0.6) is 11.5 Å². The van der Waals surface area contributed by atoms with Gasteiger partial charge in [0.15, 0.2) is 0 Å². The quantitative estimate of drug-likeness (QED) is 0.439. The van der Waals surface area contributed by atoms with Crippen LogP contribution in [0.15, 0.2) is 48.5 Å². The van der Waals surface area contributed by atoms with Gasteiger partial charge in [-0.3, -0.25) is 10.0 Å². The summed E-state index contributed by atoms with van der Waals surface area (Å²) in [6.45, 7) is 0. The minimum absolute atomic E-state index is 0.0674. The molecule has 2 N–H and O–H groups in total. The molecule has 2 aromatic carbocycles. The van der Waals surface area contributed by atoms with E-state index in [0.717, 1.165) is 12.1 Å². The van der Waals surface area contributed by atoms with Gasteiger partial charge >= 0.3 is 18.0 Å². The van der Waals surface area contributed by atoms with Crippen LogP contribution in [0.4, 0.5) is 30.7 Å². The summed E-state index contributed by atoms with van der Waals surface area (Å²) in [4.78, 5) is 11.2. The van der Waals surface area contributed by atoms with Crippen molar-refractivity contribution in [1.82, 2.24) is 5.48 Å². The highest BCUT2D eigenvalue weighted by molar-refractivity contribution is 5.93. The summed E-state index contributed by atoms with van der Waals surface area (Å²) in [7, 11) is 0. The van der Waals surface area contributed by atoms with Crippen LogP contribution < -0.4 is 10.2 Å². The van der Waals surface area contributed by atoms with Gasteiger partial charge in [-0.15, -0.1) is 0 Å². The molecule has 2 rings (SSSR count). The second kappa shape index (κ2) is 7.06. The van der Waals surface area contributed by atoms with Crippen LogP contribution in [0.3, 0.4) is 0 Å². The average Bonchev–Trinajstić information content (AvgIpc) is 2.59. The number of hydroxylamine groups is 1. The monoisotopic (exact) mass is 397 g/mol. The highest BCUT2D eigenvalue weighted by Gasteiger charge is 2.73. The van der Waals surface area contributed by atoms with E-state index in [9.17, 15) is 35.5 Å². The van der Waals surface area contributed by atoms with Crippen LogP contribution in [0.25, 0.3) is 0 Å². The number of rotatable bonds is 4. The van der Waals surface area contributed by atoms with Gasteiger partial charge in [-0.1, -0.05) is 12.1 Å². The number of hydrogen-bond donors (Lipinski definition) is 2. The number of benzene rings is 2. The number of amides is 1. The Hall–Kier alpha value is -2.82. The summed E-state index contributed by atoms with van der Waals surface area (Å²) in [6, 6.07) is 7.16. The minimum Gasteiger partial charge on any atom is -0.457 e. The Morgan fingerprint density at radius 1 is 0.778 bits per heavy atom. The number of carbonyl (C=O) groups is 1. The van der Waals surface area contributed by atoms with Gasteiger partial charge in [0, 0.05) is 11.1 Å². The van der Waals surface area contributed by atoms with Crippen LogP contribution >= 0.6 is 0 Å². The van der Waals surface area contributed by atoms with Crippen molar-refractivity contribution < 1.29 is 45.5 Å². The Bertz CT molecular complexity index is 785. The largest absolute Gasteiger partial charge is 0.457 e. The van der Waals surface area contributed by atoms with E-state index in [1.807, 2.05) is 0 Å². The molecule has 0 saturated carbocycles. The van der Waals surface area contributed by atoms with Gasteiger partial charge in [0.25, 0.3) is 5.91 Å². The van der Waals surface area contributed by atoms with E-state index < -0.39 is 29.5 Å². The summed E-state index contributed by atoms with van der Waals surface area (Å²) in [5.41, 5.74) is -5.69. The van der Waals surface area contributed by atoms with Gasteiger partial charge < -0.3 is 4.74 Å². The maximum Gasteiger partial charge on any atom is 0.435 e. The SMILES string of the molecule is O=C(NO)c1ccc(Oc2ccc(C(F)(C(F)(F)F)C(F)(F)F)cc2)cc1. The fourth-order valence-corrected chi connectivity index (χ4v) is 2.12. The summed E-state index contributed by atoms with van der Waals surface area (Å²) in [6.07, 6.45) is -12.4. The first-order valence-electron chi connectivity index (χ1n) is 7.05. The molecule has 27 heavy (non-hydrogen) atoms. The first-order valence-corrected chi connectivity index (χ1v) is 7.05. The lowest BCUT2D eigenvalue weighted by Crippen LogP contribution is -2.50. The lowest BCUT2D eigenvalue weighted by Gasteiger charge is -2.30. The third-order valence-corrected chi connectivity index (χ3v) is 3.49. The smallest absolute Gasteiger partial charge is 0.435 e. The lowest BCUT2D eigenvalue weighted by molar-refractivity contribution is -0.348. The molecular formula is C16H10F7NO3. The van der Waals surface area contributed by atoms with Gasteiger partial charge in [-0.25, -0.2) is 9.87 Å². The Morgan fingerprint density at radius 2 is 1.19 bits per heavy atom. The highest BCUT2D eigenvalue weighted by atomic mass is 19.4. The van der Waals surface area contributed by atoms with Crippen molar-refractivity contribution in [3.8, 4) is 11.5 Å². The molecule has 0 unspecified atom stereocenters. The Labute approximate surface area is 147 Å². The second-order valence-corrected chi connectivity index (χ2v) is 5.25. The molecule has 0 bridgehead atoms. The van der Waals surface area contributed by atoms with Gasteiger partial charge in [0.1, 0.15) is 11.5 Å². The predicted octanol–water partition coefficient (Wildman–Crippen LogP) is 4.89. The lowest BCUT2D eigenvalue weighted by atomic mass is 9.94. The van der Waals surface area contributed by atoms with E-state index >= 15 is 0 Å². The maximum absolute atomic E-state index is 13.9. The van der Waals surface area contributed by atoms with Gasteiger partial charge in [-0.2, -0.15) is 26.3 Å². The van der Waals surface area contributed by atoms with Crippen molar-refractivity contribution in [1.29, 1.82) is 0 Å². The average molecular weight is 397 g/mol. The molecule has 0 aromatic heterocycles. The van der Waals surface area contributed by atoms with Crippen molar-refractivity contribution in [2.24, 2.45) is 0 Å². The molecule has 11 heteroatoms. The number of carbonyl (C=O) groups excluding carboxylic acids is 1. The van der Waals surface area contributed by atoms with E-state index in [1.54, 1.807) is 0 Å². The second-order valence-electron chi connectivity index (χ2n) is 5.25. The van der Waals surface area contributed by atoms with E-state index in [1.165, 1.54) is 29.7 Å². The maximum atomic E-state index is 13.9. The molecule has 0 aliphatic carbocycles. The van der Waals surface area contributed by atoms with Crippen molar-refractivity contribution in [3.05, 3.63) is 59.7 Å². The van der Waals surface area contributed by atoms with Crippen LogP contribution in [-0.2, 0) is 5.67 Å². The third kappa shape index (κ3) is 3.97. The highest BCUT2D eigenvalue weighted by Crippen LogP contribution is 2.53. The number of hydrogen-bond acceptors (Lipinski definition) is 3. The zero-order chi connectivity index (χ0) is 20.5. The topological polar surface area (TPSA) is 58.6 Å². The summed E-state index contributed by atoms with van der Waals surface area (Å²) in [5, 5.41) is 8.48. The molecule has 0 spiro atoms. The van der Waals surface area contributed by atoms with Crippen LogP contribution in [0.1, 0.15) is 15.9 Å². The predicted molar refractivity (Wildman–Crippen MR) is 77.1 cm³/mol. The van der Waals surface area contributed by atoms with E-state index in [4.69, 9.17) is 9.94 Å². The van der Waals surface area contributed by atoms with Crippen LogP contribution in [-0.4, -0.2) is 23.5 Å². The summed E-state index contributed by atoms with van der Waals surface area (Å²) in [5.74, 6) is -0.871. The summed E-state index contributed by atoms with van der Waals surface area (Å²) < 4.78 is 95.2. The molecule has 146 valence electrons. The molecule has 0 saturated heterocycles. The zero-order valence-corrected chi connectivity index (χ0v) is 13.0. The van der Waals surface area contributed by atoms with E-state index in [-0.39, 0.29) is 17.1 Å². The first kappa shape index (κ1) is 20.5. The molecular weight excluding hydrogens is 387 g/mol. The molecule has 1 amide bonds. The van der Waals surface area contributed by atoms with E-state index in [2.05, 4.69) is 0 Å². The van der Waals surface area contributed by atoms with Crippen molar-refractivity contribution in [2.45, 2.75) is 18.0 Å². The number of alkyl halides is 7. The standard InChI is InChI=1S/C16H10F7NO3/c17-14(15(18,19)20,16(21,22)23)10-3-7-12(8-4-10)27-11-5-1-9(2-6-11)13(25)24-26/h1-8,26H,(H,24,25). The first-order chi connectivity index (χ1) is 12.4. The number of nitrogens with one attached hydrogen (secondary N) is 1. The molecule has 0 aliphatic heterocycles. The zero-order valence-electron chi connectivity index (χ0n) is 13.0. The Kier molecular flexibility index (Phi) is 5.36. The van der Waals surface area contributed by atoms with Gasteiger partial charge in [0.2, 0.25) is 0 Å². The van der Waals surface area contributed by atoms with E-state index in [0.29, 0.717) is 12.1 Å². The van der Waals surface area contributed by atoms with Gasteiger partial charge in [0.05, 0.1) is 0 Å². The molecule has 0 radical (unpaired) electrons. The van der Waals surface area contributed by atoms with Crippen molar-refractivity contribution in [3.63, 3.8) is 0 Å². The minimum atomic E-state index is -6.20. The van der Waals surface area contributed by atoms with Crippen molar-refractivity contribution in [2.75, 3.05) is 0 Å². The molecule has 0 heterocycles. The normalized spacial score (nSPS) is 12.6. The van der Waals surface area contributed by atoms with Crippen molar-refractivity contribution >= 4 is 5.91 Å². The molecule has 2 aromatic rings. The number of halogens is 7. The number of ether oxygens (including phenoxy) is 1. The fraction of sp³-hybridized carbons (Fsp3) is 0.188. The molecule has 0 fully saturated rings. The molecule has 4 nitrogen and oxygen atoms in total. The summed E-state index contributed by atoms with van der Waals surface area (Å²) >= 11 is 0. The fourth-order valence-electron chi connectivity index (χ4n) is 2.12. The van der Waals surface area contributed by atoms with Crippen LogP contribution in [0.2, 0.25) is 0 Å².